The zero-order valence-corrected chi connectivity index (χ0v) is 8.39. The molecule has 0 saturated heterocycles. The average Bonchev–Trinajstić information content (AvgIpc) is 2.62. The van der Waals surface area contributed by atoms with E-state index in [0.29, 0.717) is 6.04 Å². The first-order valence-corrected chi connectivity index (χ1v) is 5.68. The molecule has 1 heterocycles. The molecule has 1 aliphatic rings. The zero-order chi connectivity index (χ0) is 9.10. The molecule has 0 aromatic carbocycles. The molecular formula is C10H15NOS. The Balaban J connectivity index is 1.64. The van der Waals surface area contributed by atoms with E-state index in [1.165, 1.54) is 4.88 Å². The Morgan fingerprint density at radius 2 is 2.46 bits per heavy atom. The lowest BCUT2D eigenvalue weighted by molar-refractivity contribution is 0.0505. The van der Waals surface area contributed by atoms with Crippen LogP contribution in [0.1, 0.15) is 17.7 Å². The third kappa shape index (κ3) is 2.30. The summed E-state index contributed by atoms with van der Waals surface area (Å²) in [6.07, 6.45) is 3.09. The molecule has 0 radical (unpaired) electrons. The van der Waals surface area contributed by atoms with E-state index >= 15 is 0 Å². The van der Waals surface area contributed by atoms with Crippen molar-refractivity contribution in [3.05, 3.63) is 22.4 Å². The maximum absolute atomic E-state index is 9.30. The highest BCUT2D eigenvalue weighted by molar-refractivity contribution is 7.09. The molecule has 1 aromatic rings. The number of rotatable bonds is 4. The minimum Gasteiger partial charge on any atom is -0.392 e. The number of hydrogen-bond donors (Lipinski definition) is 2. The van der Waals surface area contributed by atoms with E-state index in [1.807, 2.05) is 0 Å². The Kier molecular flexibility index (Phi) is 2.98. The molecule has 0 unspecified atom stereocenters. The summed E-state index contributed by atoms with van der Waals surface area (Å²) in [5.41, 5.74) is 0. The zero-order valence-electron chi connectivity index (χ0n) is 7.57. The quantitative estimate of drug-likeness (QED) is 0.765. The molecule has 1 saturated carbocycles. The van der Waals surface area contributed by atoms with Crippen molar-refractivity contribution in [2.24, 2.45) is 0 Å². The van der Waals surface area contributed by atoms with Crippen molar-refractivity contribution in [2.45, 2.75) is 31.4 Å². The smallest absolute Gasteiger partial charge is 0.0693 e. The summed E-state index contributed by atoms with van der Waals surface area (Å²) in [5, 5.41) is 14.8. The summed E-state index contributed by atoms with van der Waals surface area (Å²) in [4.78, 5) is 1.42. The first kappa shape index (κ1) is 9.19. The maximum atomic E-state index is 9.30. The fourth-order valence-electron chi connectivity index (χ4n) is 1.56. The van der Waals surface area contributed by atoms with Gasteiger partial charge in [0.15, 0.2) is 0 Å². The van der Waals surface area contributed by atoms with Crippen molar-refractivity contribution in [1.29, 1.82) is 0 Å². The van der Waals surface area contributed by atoms with Crippen LogP contribution in [0.15, 0.2) is 17.5 Å². The summed E-state index contributed by atoms with van der Waals surface area (Å²) < 4.78 is 0. The summed E-state index contributed by atoms with van der Waals surface area (Å²) in [6.45, 7) is 0.988. The van der Waals surface area contributed by atoms with E-state index in [-0.39, 0.29) is 6.10 Å². The number of nitrogens with one attached hydrogen (secondary N) is 1. The Hall–Kier alpha value is -0.380. The van der Waals surface area contributed by atoms with Crippen molar-refractivity contribution in [1.82, 2.24) is 5.32 Å². The lowest BCUT2D eigenvalue weighted by Gasteiger charge is -2.33. The number of aliphatic hydroxyl groups is 1. The normalized spacial score (nSPS) is 27.2. The average molecular weight is 197 g/mol. The molecule has 0 spiro atoms. The van der Waals surface area contributed by atoms with Gasteiger partial charge in [-0.3, -0.25) is 0 Å². The second kappa shape index (κ2) is 4.22. The molecule has 0 aliphatic heterocycles. The van der Waals surface area contributed by atoms with Crippen LogP contribution < -0.4 is 5.32 Å². The van der Waals surface area contributed by atoms with Gasteiger partial charge in [-0.1, -0.05) is 6.07 Å². The van der Waals surface area contributed by atoms with Gasteiger partial charge >= 0.3 is 0 Å². The third-order valence-corrected chi connectivity index (χ3v) is 3.53. The number of hydrogen-bond acceptors (Lipinski definition) is 3. The van der Waals surface area contributed by atoms with Crippen molar-refractivity contribution in [2.75, 3.05) is 6.54 Å². The van der Waals surface area contributed by atoms with Crippen molar-refractivity contribution in [3.63, 3.8) is 0 Å². The van der Waals surface area contributed by atoms with Gasteiger partial charge in [0.1, 0.15) is 0 Å². The monoisotopic (exact) mass is 197 g/mol. The minimum absolute atomic E-state index is 0.0941. The summed E-state index contributed by atoms with van der Waals surface area (Å²) in [6, 6.07) is 4.60. The van der Waals surface area contributed by atoms with Gasteiger partial charge in [-0.05, 0) is 30.7 Å². The van der Waals surface area contributed by atoms with Crippen LogP contribution in [0.25, 0.3) is 0 Å². The molecular weight excluding hydrogens is 182 g/mol. The van der Waals surface area contributed by atoms with Gasteiger partial charge in [-0.15, -0.1) is 11.3 Å². The highest BCUT2D eigenvalue weighted by Gasteiger charge is 2.27. The molecule has 1 aromatic heterocycles. The van der Waals surface area contributed by atoms with Crippen LogP contribution in [-0.2, 0) is 6.42 Å². The van der Waals surface area contributed by atoms with E-state index < -0.39 is 0 Å². The van der Waals surface area contributed by atoms with Crippen LogP contribution in [0.3, 0.4) is 0 Å². The Bertz CT molecular complexity index is 247. The molecule has 2 N–H and O–H groups in total. The first-order chi connectivity index (χ1) is 6.36. The standard InChI is InChI=1S/C10H15NOS/c12-10-4-3-9(10)11-6-5-8-2-1-7-13-8/h1-2,7,9-12H,3-6H2/t9-,10-/m1/s1. The van der Waals surface area contributed by atoms with Crippen LogP contribution >= 0.6 is 11.3 Å². The van der Waals surface area contributed by atoms with Crippen LogP contribution in [-0.4, -0.2) is 23.8 Å². The molecule has 1 fully saturated rings. The van der Waals surface area contributed by atoms with E-state index in [1.54, 1.807) is 11.3 Å². The second-order valence-electron chi connectivity index (χ2n) is 3.53. The number of thiophene rings is 1. The molecule has 1 aliphatic carbocycles. The Morgan fingerprint density at radius 1 is 1.54 bits per heavy atom. The van der Waals surface area contributed by atoms with E-state index in [4.69, 9.17) is 0 Å². The predicted molar refractivity (Wildman–Crippen MR) is 55.1 cm³/mol. The second-order valence-corrected chi connectivity index (χ2v) is 4.57. The van der Waals surface area contributed by atoms with E-state index in [9.17, 15) is 5.11 Å². The Labute approximate surface area is 82.6 Å². The highest BCUT2D eigenvalue weighted by Crippen LogP contribution is 2.19. The summed E-state index contributed by atoms with van der Waals surface area (Å²) in [5.74, 6) is 0. The van der Waals surface area contributed by atoms with Crippen molar-refractivity contribution >= 4 is 11.3 Å². The van der Waals surface area contributed by atoms with Gasteiger partial charge in [-0.25, -0.2) is 0 Å². The molecule has 0 bridgehead atoms. The fourth-order valence-corrected chi connectivity index (χ4v) is 2.27. The van der Waals surface area contributed by atoms with Gasteiger partial charge in [0.05, 0.1) is 6.10 Å². The Morgan fingerprint density at radius 3 is 3.00 bits per heavy atom. The largest absolute Gasteiger partial charge is 0.392 e. The van der Waals surface area contributed by atoms with Crippen LogP contribution in [0.5, 0.6) is 0 Å². The van der Waals surface area contributed by atoms with Crippen LogP contribution in [0.2, 0.25) is 0 Å². The fraction of sp³-hybridized carbons (Fsp3) is 0.600. The first-order valence-electron chi connectivity index (χ1n) is 4.80. The van der Waals surface area contributed by atoms with Gasteiger partial charge in [0.25, 0.3) is 0 Å². The van der Waals surface area contributed by atoms with E-state index in [0.717, 1.165) is 25.8 Å². The predicted octanol–water partition coefficient (Wildman–Crippen LogP) is 1.40. The van der Waals surface area contributed by atoms with Gasteiger partial charge in [0.2, 0.25) is 0 Å². The molecule has 0 amide bonds. The molecule has 2 nitrogen and oxygen atoms in total. The van der Waals surface area contributed by atoms with Crippen molar-refractivity contribution in [3.8, 4) is 0 Å². The highest BCUT2D eigenvalue weighted by atomic mass is 32.1. The molecule has 13 heavy (non-hydrogen) atoms. The van der Waals surface area contributed by atoms with Gasteiger partial charge in [-0.2, -0.15) is 0 Å². The van der Waals surface area contributed by atoms with Gasteiger partial charge < -0.3 is 10.4 Å². The van der Waals surface area contributed by atoms with Crippen LogP contribution in [0, 0.1) is 0 Å². The van der Waals surface area contributed by atoms with Gasteiger partial charge in [0, 0.05) is 17.5 Å². The van der Waals surface area contributed by atoms with E-state index in [2.05, 4.69) is 22.8 Å². The maximum Gasteiger partial charge on any atom is 0.0693 e. The molecule has 3 heteroatoms. The lowest BCUT2D eigenvalue weighted by Crippen LogP contribution is -2.48. The topological polar surface area (TPSA) is 32.3 Å². The molecule has 72 valence electrons. The van der Waals surface area contributed by atoms with Crippen LogP contribution in [0.4, 0.5) is 0 Å². The summed E-state index contributed by atoms with van der Waals surface area (Å²) >= 11 is 1.80. The summed E-state index contributed by atoms with van der Waals surface area (Å²) in [7, 11) is 0. The SMILES string of the molecule is O[C@@H]1CC[C@H]1NCCc1cccs1. The minimum atomic E-state index is -0.0941. The molecule has 2 rings (SSSR count). The third-order valence-electron chi connectivity index (χ3n) is 2.60. The lowest BCUT2D eigenvalue weighted by atomic mass is 9.89. The number of aliphatic hydroxyl groups excluding tert-OH is 1. The van der Waals surface area contributed by atoms with Crippen molar-refractivity contribution < 1.29 is 5.11 Å². The molecule has 2 atom stereocenters.